The molecule has 96 valence electrons. The predicted octanol–water partition coefficient (Wildman–Crippen LogP) is 1.28. The lowest BCUT2D eigenvalue weighted by atomic mass is 9.85. The van der Waals surface area contributed by atoms with E-state index in [-0.39, 0.29) is 17.9 Å². The second-order valence-electron chi connectivity index (χ2n) is 5.94. The molecule has 0 aromatic rings. The second-order valence-corrected chi connectivity index (χ2v) is 5.94. The highest BCUT2D eigenvalue weighted by molar-refractivity contribution is 6.05. The number of nitrogens with zero attached hydrogens (tertiary/aromatic N) is 2. The average molecular weight is 246 g/mol. The molecule has 2 amide bonds. The lowest BCUT2D eigenvalue weighted by Crippen LogP contribution is -2.57. The maximum atomic E-state index is 12.6. The van der Waals surface area contributed by atoms with Crippen LogP contribution in [-0.4, -0.2) is 40.2 Å². The molecule has 0 unspecified atom stereocenters. The molecule has 2 saturated heterocycles. The number of amides is 2. The summed E-state index contributed by atoms with van der Waals surface area (Å²) in [6, 6.07) is 0.185. The van der Waals surface area contributed by atoms with Gasteiger partial charge in [0, 0.05) is 12.6 Å². The van der Waals surface area contributed by atoms with Gasteiger partial charge in [0.2, 0.25) is 5.91 Å². The molecule has 4 heteroatoms. The molecule has 0 aromatic heterocycles. The van der Waals surface area contributed by atoms with E-state index < -0.39 is 0 Å². The first-order valence-electron chi connectivity index (χ1n) is 7.11. The van der Waals surface area contributed by atoms with Crippen molar-refractivity contribution in [2.24, 2.45) is 5.92 Å². The van der Waals surface area contributed by atoms with Crippen molar-refractivity contribution in [3.05, 3.63) is 11.8 Å². The van der Waals surface area contributed by atoms with Crippen LogP contribution >= 0.6 is 0 Å². The number of hydrogen-bond acceptors (Lipinski definition) is 2. The van der Waals surface area contributed by atoms with E-state index in [4.69, 9.17) is 0 Å². The molecule has 3 heterocycles. The molecule has 4 nitrogen and oxygen atoms in total. The lowest BCUT2D eigenvalue weighted by Gasteiger charge is -2.39. The molecule has 4 rings (SSSR count). The van der Waals surface area contributed by atoms with Gasteiger partial charge in [-0.3, -0.25) is 9.59 Å². The third-order valence-corrected chi connectivity index (χ3v) is 5.07. The summed E-state index contributed by atoms with van der Waals surface area (Å²) in [4.78, 5) is 28.7. The maximum Gasteiger partial charge on any atom is 0.271 e. The van der Waals surface area contributed by atoms with Crippen LogP contribution in [0.15, 0.2) is 11.8 Å². The van der Waals surface area contributed by atoms with Crippen LogP contribution in [-0.2, 0) is 9.59 Å². The van der Waals surface area contributed by atoms with Gasteiger partial charge < -0.3 is 9.80 Å². The van der Waals surface area contributed by atoms with E-state index in [9.17, 15) is 9.59 Å². The van der Waals surface area contributed by atoms with E-state index in [0.29, 0.717) is 24.2 Å². The molecule has 3 aliphatic heterocycles. The molecule has 18 heavy (non-hydrogen) atoms. The van der Waals surface area contributed by atoms with E-state index in [0.717, 1.165) is 19.3 Å². The zero-order chi connectivity index (χ0) is 12.3. The summed E-state index contributed by atoms with van der Waals surface area (Å²) in [7, 11) is 0. The summed E-state index contributed by atoms with van der Waals surface area (Å²) in [5.41, 5.74) is 0.655. The Labute approximate surface area is 107 Å². The summed E-state index contributed by atoms with van der Waals surface area (Å²) in [6.45, 7) is 0.708. The van der Waals surface area contributed by atoms with Gasteiger partial charge in [0.15, 0.2) is 0 Å². The molecule has 0 aromatic carbocycles. The van der Waals surface area contributed by atoms with Gasteiger partial charge in [-0.15, -0.1) is 0 Å². The van der Waals surface area contributed by atoms with Gasteiger partial charge >= 0.3 is 0 Å². The minimum atomic E-state index is -0.152. The smallest absolute Gasteiger partial charge is 0.271 e. The van der Waals surface area contributed by atoms with Gasteiger partial charge in [-0.2, -0.15) is 0 Å². The molecular formula is C14H18N2O2. The number of piperazine rings is 1. The minimum Gasteiger partial charge on any atom is -0.322 e. The topological polar surface area (TPSA) is 40.6 Å². The Hall–Kier alpha value is -1.32. The summed E-state index contributed by atoms with van der Waals surface area (Å²) >= 11 is 0. The number of rotatable bonds is 0. The molecule has 0 N–H and O–H groups in total. The highest BCUT2D eigenvalue weighted by atomic mass is 16.2. The minimum absolute atomic E-state index is 0.117. The van der Waals surface area contributed by atoms with Crippen molar-refractivity contribution >= 4 is 11.8 Å². The third-order valence-electron chi connectivity index (χ3n) is 5.07. The van der Waals surface area contributed by atoms with Crippen molar-refractivity contribution in [3.63, 3.8) is 0 Å². The van der Waals surface area contributed by atoms with E-state index in [1.165, 1.54) is 19.3 Å². The molecule has 0 radical (unpaired) electrons. The Morgan fingerprint density at radius 3 is 2.89 bits per heavy atom. The first-order chi connectivity index (χ1) is 8.77. The Bertz CT molecular complexity index is 457. The first-order valence-corrected chi connectivity index (χ1v) is 7.11. The Balaban J connectivity index is 1.73. The SMILES string of the molecule is O=C1[C@@H]2C[C@@H]3CCCC[C@@H]3N2C(=O)C2=CCCN12. The molecule has 0 spiro atoms. The van der Waals surface area contributed by atoms with E-state index in [1.54, 1.807) is 4.90 Å². The number of hydrogen-bond donors (Lipinski definition) is 0. The summed E-state index contributed by atoms with van der Waals surface area (Å²) < 4.78 is 0. The number of carbonyl (C=O) groups is 2. The van der Waals surface area contributed by atoms with Crippen molar-refractivity contribution in [2.75, 3.05) is 6.54 Å². The Kier molecular flexibility index (Phi) is 2.11. The predicted molar refractivity (Wildman–Crippen MR) is 65.4 cm³/mol. The monoisotopic (exact) mass is 246 g/mol. The van der Waals surface area contributed by atoms with Crippen molar-refractivity contribution < 1.29 is 9.59 Å². The highest BCUT2D eigenvalue weighted by Crippen LogP contribution is 2.43. The Morgan fingerprint density at radius 1 is 1.17 bits per heavy atom. The fourth-order valence-electron chi connectivity index (χ4n) is 4.28. The van der Waals surface area contributed by atoms with Crippen LogP contribution in [0.5, 0.6) is 0 Å². The van der Waals surface area contributed by atoms with Crippen LogP contribution in [0.25, 0.3) is 0 Å². The Morgan fingerprint density at radius 2 is 2.00 bits per heavy atom. The van der Waals surface area contributed by atoms with Gasteiger partial charge in [0.1, 0.15) is 11.7 Å². The van der Waals surface area contributed by atoms with Crippen LogP contribution < -0.4 is 0 Å². The van der Waals surface area contributed by atoms with E-state index in [1.807, 2.05) is 11.0 Å². The van der Waals surface area contributed by atoms with Crippen LogP contribution in [0.4, 0.5) is 0 Å². The third kappa shape index (κ3) is 1.21. The fraction of sp³-hybridized carbons (Fsp3) is 0.714. The van der Waals surface area contributed by atoms with Crippen LogP contribution in [0.1, 0.15) is 38.5 Å². The summed E-state index contributed by atoms with van der Waals surface area (Å²) in [5.74, 6) is 0.858. The molecule has 3 fully saturated rings. The highest BCUT2D eigenvalue weighted by Gasteiger charge is 2.53. The standard InChI is InChI=1S/C14H18N2O2/c17-13-12-8-9-4-1-2-5-10(9)16(12)14(18)11-6-3-7-15(11)13/h6,9-10,12H,1-5,7-8H2/t9-,10-,12-/m0/s1. The molecule has 1 aliphatic carbocycles. The van der Waals surface area contributed by atoms with E-state index in [2.05, 4.69) is 0 Å². The number of carbonyl (C=O) groups excluding carboxylic acids is 2. The van der Waals surface area contributed by atoms with Crippen LogP contribution in [0.3, 0.4) is 0 Å². The lowest BCUT2D eigenvalue weighted by molar-refractivity contribution is -0.150. The van der Waals surface area contributed by atoms with Gasteiger partial charge in [-0.05, 0) is 31.6 Å². The van der Waals surface area contributed by atoms with Crippen molar-refractivity contribution in [3.8, 4) is 0 Å². The van der Waals surface area contributed by atoms with Crippen molar-refractivity contribution in [2.45, 2.75) is 50.6 Å². The van der Waals surface area contributed by atoms with Gasteiger partial charge in [0.25, 0.3) is 5.91 Å². The molecular weight excluding hydrogens is 228 g/mol. The van der Waals surface area contributed by atoms with Crippen molar-refractivity contribution in [1.82, 2.24) is 9.80 Å². The van der Waals surface area contributed by atoms with Gasteiger partial charge in [0.05, 0.1) is 0 Å². The molecule has 4 aliphatic rings. The molecule has 0 bridgehead atoms. The second kappa shape index (κ2) is 3.59. The first kappa shape index (κ1) is 10.6. The zero-order valence-corrected chi connectivity index (χ0v) is 10.5. The molecule has 1 saturated carbocycles. The zero-order valence-electron chi connectivity index (χ0n) is 10.5. The van der Waals surface area contributed by atoms with Gasteiger partial charge in [-0.25, -0.2) is 0 Å². The normalized spacial score (nSPS) is 38.4. The maximum absolute atomic E-state index is 12.6. The summed E-state index contributed by atoms with van der Waals surface area (Å²) in [6.07, 6.45) is 8.42. The van der Waals surface area contributed by atoms with Gasteiger partial charge in [-0.1, -0.05) is 18.9 Å². The van der Waals surface area contributed by atoms with E-state index >= 15 is 0 Å². The van der Waals surface area contributed by atoms with Crippen LogP contribution in [0, 0.1) is 5.92 Å². The summed E-state index contributed by atoms with van der Waals surface area (Å²) in [5, 5.41) is 0. The average Bonchev–Trinajstić information content (AvgIpc) is 3.00. The van der Waals surface area contributed by atoms with Crippen LogP contribution in [0.2, 0.25) is 0 Å². The number of fused-ring (bicyclic) bond motifs is 4. The van der Waals surface area contributed by atoms with Crippen molar-refractivity contribution in [1.29, 1.82) is 0 Å². The quantitative estimate of drug-likeness (QED) is 0.646. The fourth-order valence-corrected chi connectivity index (χ4v) is 4.28. The molecule has 3 atom stereocenters. The largest absolute Gasteiger partial charge is 0.322 e.